The van der Waals surface area contributed by atoms with E-state index in [2.05, 4.69) is 10.6 Å². The summed E-state index contributed by atoms with van der Waals surface area (Å²) in [6.07, 6.45) is 5.47. The third-order valence-electron chi connectivity index (χ3n) is 4.43. The van der Waals surface area contributed by atoms with Gasteiger partial charge in [-0.25, -0.2) is 0 Å². The molecule has 2 aromatic rings. The lowest BCUT2D eigenvalue weighted by Gasteiger charge is -2.12. The highest BCUT2D eigenvalue weighted by molar-refractivity contribution is 7.80. The van der Waals surface area contributed by atoms with Crippen molar-refractivity contribution in [3.05, 3.63) is 60.2 Å². The van der Waals surface area contributed by atoms with Crippen LogP contribution < -0.4 is 20.1 Å². The summed E-state index contributed by atoms with van der Waals surface area (Å²) in [5, 5.41) is 5.84. The molecule has 1 heterocycles. The standard InChI is InChI=1S/C23H26N2O4S/c1-2-27-19-10-5-17(6-11-19)7-14-22(26)25-23(30)24-18-8-12-20(13-9-18)29-16-21-4-3-15-28-21/h5-14,21H,2-4,15-16H2,1H3,(H2,24,25,26,30)/b14-7+. The molecule has 2 N–H and O–H groups in total. The van der Waals surface area contributed by atoms with Crippen molar-refractivity contribution in [2.24, 2.45) is 0 Å². The molecule has 3 rings (SSSR count). The van der Waals surface area contributed by atoms with Gasteiger partial charge in [-0.15, -0.1) is 0 Å². The smallest absolute Gasteiger partial charge is 0.250 e. The Kier molecular flexibility index (Phi) is 8.23. The van der Waals surface area contributed by atoms with Crippen molar-refractivity contribution < 1.29 is 19.0 Å². The van der Waals surface area contributed by atoms with E-state index in [-0.39, 0.29) is 17.1 Å². The second-order valence-electron chi connectivity index (χ2n) is 6.75. The lowest BCUT2D eigenvalue weighted by molar-refractivity contribution is -0.115. The summed E-state index contributed by atoms with van der Waals surface area (Å²) < 4.78 is 16.7. The normalized spacial score (nSPS) is 15.7. The minimum absolute atomic E-state index is 0.182. The van der Waals surface area contributed by atoms with Crippen molar-refractivity contribution in [3.8, 4) is 11.5 Å². The molecule has 0 aromatic heterocycles. The molecule has 158 valence electrons. The average Bonchev–Trinajstić information content (AvgIpc) is 3.27. The number of hydrogen-bond donors (Lipinski definition) is 2. The zero-order valence-electron chi connectivity index (χ0n) is 16.9. The Morgan fingerprint density at radius 2 is 1.83 bits per heavy atom. The second kappa shape index (κ2) is 11.3. The topological polar surface area (TPSA) is 68.8 Å². The number of nitrogens with one attached hydrogen (secondary N) is 2. The third-order valence-corrected chi connectivity index (χ3v) is 4.63. The Balaban J connectivity index is 1.42. The van der Waals surface area contributed by atoms with E-state index >= 15 is 0 Å². The SMILES string of the molecule is CCOc1ccc(/C=C/C(=O)NC(=S)Nc2ccc(OCC3CCCO3)cc2)cc1. The van der Waals surface area contributed by atoms with Crippen molar-refractivity contribution in [3.63, 3.8) is 0 Å². The third kappa shape index (κ3) is 7.17. The molecule has 7 heteroatoms. The lowest BCUT2D eigenvalue weighted by Crippen LogP contribution is -2.32. The number of carbonyl (C=O) groups excluding carboxylic acids is 1. The molecule has 1 aliphatic rings. The predicted molar refractivity (Wildman–Crippen MR) is 122 cm³/mol. The van der Waals surface area contributed by atoms with Gasteiger partial charge in [-0.1, -0.05) is 12.1 Å². The molecule has 6 nitrogen and oxygen atoms in total. The van der Waals surface area contributed by atoms with Gasteiger partial charge in [-0.05, 0) is 80.0 Å². The first kappa shape index (κ1) is 21.8. The van der Waals surface area contributed by atoms with Crippen LogP contribution in [-0.4, -0.2) is 36.9 Å². The number of hydrogen-bond acceptors (Lipinski definition) is 5. The Bertz CT molecular complexity index is 860. The summed E-state index contributed by atoms with van der Waals surface area (Å²) in [4.78, 5) is 12.1. The fourth-order valence-corrected chi connectivity index (χ4v) is 3.15. The zero-order valence-corrected chi connectivity index (χ0v) is 17.7. The molecule has 2 aromatic carbocycles. The predicted octanol–water partition coefficient (Wildman–Crippen LogP) is 4.17. The van der Waals surface area contributed by atoms with E-state index in [4.69, 9.17) is 26.4 Å². The first-order valence-electron chi connectivity index (χ1n) is 10.00. The van der Waals surface area contributed by atoms with Gasteiger partial charge in [0.25, 0.3) is 0 Å². The molecule has 0 saturated carbocycles. The summed E-state index contributed by atoms with van der Waals surface area (Å²) in [5.41, 5.74) is 1.66. The van der Waals surface area contributed by atoms with Gasteiger partial charge in [-0.3, -0.25) is 10.1 Å². The van der Waals surface area contributed by atoms with Gasteiger partial charge in [0.05, 0.1) is 12.7 Å². The summed E-state index contributed by atoms with van der Waals surface area (Å²) in [6, 6.07) is 14.9. The quantitative estimate of drug-likeness (QED) is 0.488. The molecule has 1 saturated heterocycles. The van der Waals surface area contributed by atoms with E-state index in [1.165, 1.54) is 6.08 Å². The van der Waals surface area contributed by atoms with Crippen molar-refractivity contribution in [1.29, 1.82) is 0 Å². The van der Waals surface area contributed by atoms with Crippen LogP contribution in [0.3, 0.4) is 0 Å². The molecule has 1 aliphatic heterocycles. The molecule has 0 bridgehead atoms. The number of anilines is 1. The molecule has 0 aliphatic carbocycles. The van der Waals surface area contributed by atoms with Crippen LogP contribution in [0.4, 0.5) is 5.69 Å². The van der Waals surface area contributed by atoms with Gasteiger partial charge in [0.15, 0.2) is 5.11 Å². The van der Waals surface area contributed by atoms with Crippen molar-refractivity contribution in [2.45, 2.75) is 25.9 Å². The lowest BCUT2D eigenvalue weighted by atomic mass is 10.2. The van der Waals surface area contributed by atoms with Crippen LogP contribution in [0.1, 0.15) is 25.3 Å². The first-order chi connectivity index (χ1) is 14.6. The summed E-state index contributed by atoms with van der Waals surface area (Å²) >= 11 is 5.20. The summed E-state index contributed by atoms with van der Waals surface area (Å²) in [5.74, 6) is 1.26. The number of ether oxygens (including phenoxy) is 3. The van der Waals surface area contributed by atoms with E-state index in [1.807, 2.05) is 55.5 Å². The number of thiocarbonyl (C=S) groups is 1. The largest absolute Gasteiger partial charge is 0.494 e. The van der Waals surface area contributed by atoms with Gasteiger partial charge in [0, 0.05) is 18.4 Å². The van der Waals surface area contributed by atoms with Crippen LogP contribution in [0.2, 0.25) is 0 Å². The van der Waals surface area contributed by atoms with Gasteiger partial charge < -0.3 is 19.5 Å². The second-order valence-corrected chi connectivity index (χ2v) is 7.16. The van der Waals surface area contributed by atoms with Gasteiger partial charge >= 0.3 is 0 Å². The minimum Gasteiger partial charge on any atom is -0.494 e. The molecule has 0 spiro atoms. The van der Waals surface area contributed by atoms with Crippen LogP contribution >= 0.6 is 12.2 Å². The van der Waals surface area contributed by atoms with Crippen molar-refractivity contribution in [2.75, 3.05) is 25.1 Å². The maximum atomic E-state index is 12.1. The number of carbonyl (C=O) groups is 1. The molecule has 1 unspecified atom stereocenters. The average molecular weight is 427 g/mol. The number of rotatable bonds is 8. The number of benzene rings is 2. The Morgan fingerprint density at radius 1 is 1.13 bits per heavy atom. The fourth-order valence-electron chi connectivity index (χ4n) is 2.93. The monoisotopic (exact) mass is 426 g/mol. The summed E-state index contributed by atoms with van der Waals surface area (Å²) in [7, 11) is 0. The summed E-state index contributed by atoms with van der Waals surface area (Å²) in [6.45, 7) is 3.93. The fraction of sp³-hybridized carbons (Fsp3) is 0.304. The number of amides is 1. The molecule has 0 radical (unpaired) electrons. The van der Waals surface area contributed by atoms with E-state index in [1.54, 1.807) is 6.08 Å². The molecule has 1 amide bonds. The minimum atomic E-state index is -0.307. The van der Waals surface area contributed by atoms with Crippen LogP contribution in [0.5, 0.6) is 11.5 Å². The molecule has 1 fully saturated rings. The van der Waals surface area contributed by atoms with E-state index in [0.717, 1.165) is 42.2 Å². The molecular formula is C23H26N2O4S. The van der Waals surface area contributed by atoms with Gasteiger partial charge in [0.2, 0.25) is 5.91 Å². The molecule has 1 atom stereocenters. The highest BCUT2D eigenvalue weighted by Gasteiger charge is 2.15. The van der Waals surface area contributed by atoms with Gasteiger partial charge in [-0.2, -0.15) is 0 Å². The van der Waals surface area contributed by atoms with Crippen molar-refractivity contribution in [1.82, 2.24) is 5.32 Å². The Labute approximate surface area is 182 Å². The zero-order chi connectivity index (χ0) is 21.2. The van der Waals surface area contributed by atoms with E-state index < -0.39 is 0 Å². The highest BCUT2D eigenvalue weighted by atomic mass is 32.1. The van der Waals surface area contributed by atoms with Crippen LogP contribution in [-0.2, 0) is 9.53 Å². The van der Waals surface area contributed by atoms with Crippen LogP contribution in [0.25, 0.3) is 6.08 Å². The maximum Gasteiger partial charge on any atom is 0.250 e. The first-order valence-corrected chi connectivity index (χ1v) is 10.4. The van der Waals surface area contributed by atoms with E-state index in [9.17, 15) is 4.79 Å². The van der Waals surface area contributed by atoms with Crippen LogP contribution in [0.15, 0.2) is 54.6 Å². The highest BCUT2D eigenvalue weighted by Crippen LogP contribution is 2.18. The van der Waals surface area contributed by atoms with Crippen molar-refractivity contribution >= 4 is 35.0 Å². The van der Waals surface area contributed by atoms with Crippen LogP contribution in [0, 0.1) is 0 Å². The Morgan fingerprint density at radius 3 is 2.50 bits per heavy atom. The van der Waals surface area contributed by atoms with Gasteiger partial charge in [0.1, 0.15) is 18.1 Å². The molecular weight excluding hydrogens is 400 g/mol. The maximum absolute atomic E-state index is 12.1. The Hall–Kier alpha value is -2.90. The molecule has 30 heavy (non-hydrogen) atoms. The van der Waals surface area contributed by atoms with E-state index in [0.29, 0.717) is 13.2 Å².